The van der Waals surface area contributed by atoms with Crippen LogP contribution in [0.2, 0.25) is 0 Å². The fourth-order valence-electron chi connectivity index (χ4n) is 3.31. The van der Waals surface area contributed by atoms with Crippen LogP contribution in [-0.2, 0) is 22.5 Å². The lowest BCUT2D eigenvalue weighted by Gasteiger charge is -2.13. The fourth-order valence-corrected chi connectivity index (χ4v) is 3.31. The lowest BCUT2D eigenvalue weighted by atomic mass is 10.1. The lowest BCUT2D eigenvalue weighted by Crippen LogP contribution is -2.27. The molecule has 0 saturated carbocycles. The number of carbonyl (C=O) groups excluding carboxylic acids is 2. The molecule has 3 aromatic rings. The fraction of sp³-hybridized carbons (Fsp3) is 0.217. The first-order valence-electron chi connectivity index (χ1n) is 9.63. The Morgan fingerprint density at radius 3 is 2.60 bits per heavy atom. The Bertz CT molecular complexity index is 1050. The molecule has 1 heterocycles. The molecule has 0 fully saturated rings. The van der Waals surface area contributed by atoms with Gasteiger partial charge in [-0.2, -0.15) is 0 Å². The molecular weight excluding hydrogens is 382 g/mol. The van der Waals surface area contributed by atoms with Crippen LogP contribution >= 0.6 is 0 Å². The number of ether oxygens (including phenoxy) is 1. The SMILES string of the molecule is COC(=O)n1cc(C[C@@H](C)NCc2ccc(C=CC(=O)NO)cc2)c2ccccc21. The predicted molar refractivity (Wildman–Crippen MR) is 115 cm³/mol. The third-order valence-corrected chi connectivity index (χ3v) is 4.86. The molecule has 1 amide bonds. The first-order valence-corrected chi connectivity index (χ1v) is 9.63. The molecule has 7 nitrogen and oxygen atoms in total. The van der Waals surface area contributed by atoms with Gasteiger partial charge < -0.3 is 10.1 Å². The van der Waals surface area contributed by atoms with Gasteiger partial charge in [-0.15, -0.1) is 0 Å². The van der Waals surface area contributed by atoms with Crippen LogP contribution in [0.5, 0.6) is 0 Å². The van der Waals surface area contributed by atoms with Gasteiger partial charge in [-0.05, 0) is 42.2 Å². The van der Waals surface area contributed by atoms with Crippen molar-refractivity contribution in [3.63, 3.8) is 0 Å². The number of para-hydroxylation sites is 1. The number of hydrogen-bond donors (Lipinski definition) is 3. The minimum atomic E-state index is -0.567. The zero-order chi connectivity index (χ0) is 21.5. The van der Waals surface area contributed by atoms with Gasteiger partial charge in [-0.3, -0.25) is 14.6 Å². The van der Waals surface area contributed by atoms with E-state index in [0.717, 1.165) is 34.0 Å². The van der Waals surface area contributed by atoms with Gasteiger partial charge >= 0.3 is 6.09 Å². The molecule has 0 aliphatic rings. The molecule has 1 aromatic heterocycles. The number of fused-ring (bicyclic) bond motifs is 1. The molecule has 0 aliphatic carbocycles. The van der Waals surface area contributed by atoms with Crippen LogP contribution in [0.25, 0.3) is 17.0 Å². The molecule has 2 aromatic carbocycles. The van der Waals surface area contributed by atoms with E-state index < -0.39 is 12.0 Å². The summed E-state index contributed by atoms with van der Waals surface area (Å²) in [6.45, 7) is 2.80. The standard InChI is InChI=1S/C23H25N3O4/c1-16(24-14-18-9-7-17(8-10-18)11-12-22(27)25-29)13-19-15-26(23(28)30-2)21-6-4-3-5-20(19)21/h3-12,15-16,24,29H,13-14H2,1-2H3,(H,25,27)/t16-/m1/s1. The molecule has 0 spiro atoms. The van der Waals surface area contributed by atoms with Crippen molar-refractivity contribution in [2.45, 2.75) is 25.9 Å². The van der Waals surface area contributed by atoms with E-state index in [-0.39, 0.29) is 6.04 Å². The van der Waals surface area contributed by atoms with E-state index >= 15 is 0 Å². The summed E-state index contributed by atoms with van der Waals surface area (Å²) in [7, 11) is 1.38. The molecule has 0 aliphatic heterocycles. The Labute approximate surface area is 174 Å². The molecule has 3 rings (SSSR count). The number of aromatic nitrogens is 1. The second-order valence-corrected chi connectivity index (χ2v) is 7.05. The van der Waals surface area contributed by atoms with Crippen molar-refractivity contribution in [3.05, 3.63) is 77.5 Å². The third-order valence-electron chi connectivity index (χ3n) is 4.86. The van der Waals surface area contributed by atoms with Crippen LogP contribution in [0.3, 0.4) is 0 Å². The lowest BCUT2D eigenvalue weighted by molar-refractivity contribution is -0.124. The summed E-state index contributed by atoms with van der Waals surface area (Å²) < 4.78 is 6.43. The number of nitrogens with zero attached hydrogens (tertiary/aromatic N) is 1. The maximum Gasteiger partial charge on any atom is 0.418 e. The van der Waals surface area contributed by atoms with Crippen molar-refractivity contribution in [3.8, 4) is 0 Å². The number of methoxy groups -OCH3 is 1. The quantitative estimate of drug-likeness (QED) is 0.317. The highest BCUT2D eigenvalue weighted by Gasteiger charge is 2.15. The molecule has 30 heavy (non-hydrogen) atoms. The zero-order valence-electron chi connectivity index (χ0n) is 17.0. The van der Waals surface area contributed by atoms with Gasteiger partial charge in [0.15, 0.2) is 0 Å². The van der Waals surface area contributed by atoms with Crippen LogP contribution < -0.4 is 10.8 Å². The average molecular weight is 407 g/mol. The van der Waals surface area contributed by atoms with Crippen molar-refractivity contribution >= 4 is 29.0 Å². The smallest absolute Gasteiger partial charge is 0.418 e. The highest BCUT2D eigenvalue weighted by molar-refractivity contribution is 5.92. The van der Waals surface area contributed by atoms with Gasteiger partial charge in [-0.1, -0.05) is 42.5 Å². The van der Waals surface area contributed by atoms with Crippen LogP contribution in [0, 0.1) is 0 Å². The summed E-state index contributed by atoms with van der Waals surface area (Å²) in [5, 5.41) is 13.0. The zero-order valence-corrected chi connectivity index (χ0v) is 17.0. The molecule has 1 atom stereocenters. The molecule has 7 heteroatoms. The maximum absolute atomic E-state index is 12.1. The van der Waals surface area contributed by atoms with Crippen molar-refractivity contribution in [1.29, 1.82) is 0 Å². The van der Waals surface area contributed by atoms with E-state index in [1.165, 1.54) is 13.2 Å². The summed E-state index contributed by atoms with van der Waals surface area (Å²) in [6.07, 6.45) is 5.10. The van der Waals surface area contributed by atoms with Gasteiger partial charge in [-0.25, -0.2) is 10.3 Å². The summed E-state index contributed by atoms with van der Waals surface area (Å²) in [4.78, 5) is 23.1. The molecule has 0 unspecified atom stereocenters. The highest BCUT2D eigenvalue weighted by atomic mass is 16.5. The molecule has 3 N–H and O–H groups in total. The Morgan fingerprint density at radius 2 is 1.90 bits per heavy atom. The van der Waals surface area contributed by atoms with Gasteiger partial charge in [0, 0.05) is 30.2 Å². The van der Waals surface area contributed by atoms with Crippen molar-refractivity contribution < 1.29 is 19.5 Å². The Morgan fingerprint density at radius 1 is 1.17 bits per heavy atom. The normalized spacial score (nSPS) is 12.2. The highest BCUT2D eigenvalue weighted by Crippen LogP contribution is 2.23. The number of rotatable bonds is 7. The van der Waals surface area contributed by atoms with E-state index in [4.69, 9.17) is 9.94 Å². The Kier molecular flexibility index (Phi) is 7.00. The van der Waals surface area contributed by atoms with Crippen LogP contribution in [0.1, 0.15) is 23.6 Å². The first kappa shape index (κ1) is 21.3. The van der Waals surface area contributed by atoms with Crippen LogP contribution in [-0.4, -0.2) is 34.9 Å². The van der Waals surface area contributed by atoms with Crippen LogP contribution in [0.15, 0.2) is 60.8 Å². The summed E-state index contributed by atoms with van der Waals surface area (Å²) in [6, 6.07) is 15.8. The van der Waals surface area contributed by atoms with E-state index in [1.807, 2.05) is 54.7 Å². The summed E-state index contributed by atoms with van der Waals surface area (Å²) in [5.41, 5.74) is 5.46. The van der Waals surface area contributed by atoms with Gasteiger partial charge in [0.1, 0.15) is 0 Å². The van der Waals surface area contributed by atoms with Gasteiger partial charge in [0.2, 0.25) is 0 Å². The van der Waals surface area contributed by atoms with Crippen molar-refractivity contribution in [2.24, 2.45) is 0 Å². The Balaban J connectivity index is 1.62. The topological polar surface area (TPSA) is 92.6 Å². The molecule has 0 radical (unpaired) electrons. The number of hydrogen-bond acceptors (Lipinski definition) is 5. The van der Waals surface area contributed by atoms with E-state index in [2.05, 4.69) is 12.2 Å². The number of amides is 1. The van der Waals surface area contributed by atoms with Crippen LogP contribution in [0.4, 0.5) is 4.79 Å². The van der Waals surface area contributed by atoms with E-state index in [0.29, 0.717) is 6.54 Å². The van der Waals surface area contributed by atoms with Gasteiger partial charge in [0.05, 0.1) is 12.6 Å². The van der Waals surface area contributed by atoms with E-state index in [9.17, 15) is 9.59 Å². The maximum atomic E-state index is 12.1. The molecule has 0 saturated heterocycles. The van der Waals surface area contributed by atoms with Gasteiger partial charge in [0.25, 0.3) is 5.91 Å². The predicted octanol–water partition coefficient (Wildman–Crippen LogP) is 3.50. The number of hydroxylamine groups is 1. The average Bonchev–Trinajstić information content (AvgIpc) is 3.14. The third kappa shape index (κ3) is 5.14. The minimum absolute atomic E-state index is 0.190. The number of benzene rings is 2. The molecule has 156 valence electrons. The van der Waals surface area contributed by atoms with E-state index in [1.54, 1.807) is 16.1 Å². The van der Waals surface area contributed by atoms with Crippen molar-refractivity contribution in [1.82, 2.24) is 15.4 Å². The number of carbonyl (C=O) groups is 2. The molecule has 0 bridgehead atoms. The minimum Gasteiger partial charge on any atom is -0.452 e. The number of nitrogens with one attached hydrogen (secondary N) is 2. The van der Waals surface area contributed by atoms with Crippen molar-refractivity contribution in [2.75, 3.05) is 7.11 Å². The second-order valence-electron chi connectivity index (χ2n) is 7.05. The Hall–Kier alpha value is -3.42. The molecular formula is C23H25N3O4. The first-order chi connectivity index (χ1) is 14.5. The largest absolute Gasteiger partial charge is 0.452 e. The summed E-state index contributed by atoms with van der Waals surface area (Å²) >= 11 is 0. The monoisotopic (exact) mass is 407 g/mol. The second kappa shape index (κ2) is 9.87. The summed E-state index contributed by atoms with van der Waals surface area (Å²) in [5.74, 6) is -0.567.